The number of carbonyl (C=O) groups excluding carboxylic acids is 1. The fourth-order valence-electron chi connectivity index (χ4n) is 2.03. The van der Waals surface area contributed by atoms with Crippen LogP contribution in [0.2, 0.25) is 0 Å². The van der Waals surface area contributed by atoms with Crippen molar-refractivity contribution in [1.82, 2.24) is 15.3 Å². The van der Waals surface area contributed by atoms with Gasteiger partial charge in [0.1, 0.15) is 17.3 Å². The van der Waals surface area contributed by atoms with Crippen LogP contribution in [0.15, 0.2) is 49.3 Å². The van der Waals surface area contributed by atoms with Crippen LogP contribution in [0.4, 0.5) is 5.82 Å². The number of rotatable bonds is 8. The molecule has 6 nitrogen and oxygen atoms in total. The lowest BCUT2D eigenvalue weighted by molar-refractivity contribution is 0.0952. The Kier molecular flexibility index (Phi) is 6.11. The summed E-state index contributed by atoms with van der Waals surface area (Å²) in [6.07, 6.45) is 5.40. The van der Waals surface area contributed by atoms with Crippen LogP contribution < -0.4 is 15.4 Å². The van der Waals surface area contributed by atoms with Crippen molar-refractivity contribution >= 4 is 11.7 Å². The van der Waals surface area contributed by atoms with Crippen molar-refractivity contribution in [1.29, 1.82) is 0 Å². The van der Waals surface area contributed by atoms with Gasteiger partial charge in [-0.1, -0.05) is 24.3 Å². The summed E-state index contributed by atoms with van der Waals surface area (Å²) in [5.74, 6) is 1.23. The van der Waals surface area contributed by atoms with Gasteiger partial charge in [0.15, 0.2) is 0 Å². The lowest BCUT2D eigenvalue weighted by Crippen LogP contribution is -2.24. The van der Waals surface area contributed by atoms with Crippen LogP contribution in [0.3, 0.4) is 0 Å². The molecular formula is C17H20N4O2. The number of hydrogen-bond donors (Lipinski definition) is 2. The molecule has 0 aliphatic carbocycles. The highest BCUT2D eigenvalue weighted by Crippen LogP contribution is 2.17. The topological polar surface area (TPSA) is 76.1 Å². The maximum atomic E-state index is 11.7. The molecule has 1 aromatic carbocycles. The van der Waals surface area contributed by atoms with Crippen LogP contribution in [0.25, 0.3) is 0 Å². The van der Waals surface area contributed by atoms with Crippen LogP contribution in [0.5, 0.6) is 5.75 Å². The lowest BCUT2D eigenvalue weighted by atomic mass is 10.1. The Balaban J connectivity index is 1.86. The predicted octanol–water partition coefficient (Wildman–Crippen LogP) is 2.06. The Bertz CT molecular complexity index is 656. The van der Waals surface area contributed by atoms with E-state index in [1.807, 2.05) is 24.3 Å². The third kappa shape index (κ3) is 4.81. The molecule has 0 bridgehead atoms. The minimum atomic E-state index is -0.266. The summed E-state index contributed by atoms with van der Waals surface area (Å²) in [4.78, 5) is 20.0. The van der Waals surface area contributed by atoms with Crippen LogP contribution in [-0.2, 0) is 6.42 Å². The second-order valence-corrected chi connectivity index (χ2v) is 4.77. The van der Waals surface area contributed by atoms with E-state index >= 15 is 0 Å². The number of anilines is 1. The van der Waals surface area contributed by atoms with Gasteiger partial charge in [-0.15, -0.1) is 6.58 Å². The first-order valence-corrected chi connectivity index (χ1v) is 7.31. The van der Waals surface area contributed by atoms with Gasteiger partial charge in [0, 0.05) is 13.1 Å². The number of nitrogens with zero attached hydrogens (tertiary/aromatic N) is 2. The largest absolute Gasteiger partial charge is 0.496 e. The molecule has 120 valence electrons. The fraction of sp³-hybridized carbons (Fsp3) is 0.235. The van der Waals surface area contributed by atoms with E-state index < -0.39 is 0 Å². The highest BCUT2D eigenvalue weighted by atomic mass is 16.5. The van der Waals surface area contributed by atoms with Gasteiger partial charge < -0.3 is 15.4 Å². The zero-order valence-electron chi connectivity index (χ0n) is 13.1. The molecule has 6 heteroatoms. The Morgan fingerprint density at radius 1 is 1.30 bits per heavy atom. The molecule has 0 saturated carbocycles. The summed E-state index contributed by atoms with van der Waals surface area (Å²) in [7, 11) is 1.66. The van der Waals surface area contributed by atoms with E-state index in [0.717, 1.165) is 17.7 Å². The summed E-state index contributed by atoms with van der Waals surface area (Å²) in [6, 6.07) is 7.89. The highest BCUT2D eigenvalue weighted by Gasteiger charge is 2.06. The van der Waals surface area contributed by atoms with Crippen molar-refractivity contribution in [3.8, 4) is 5.75 Å². The number of hydrogen-bond acceptors (Lipinski definition) is 5. The number of aromatic nitrogens is 2. The number of nitrogens with one attached hydrogen (secondary N) is 2. The average molecular weight is 312 g/mol. The molecular weight excluding hydrogens is 292 g/mol. The van der Waals surface area contributed by atoms with Crippen LogP contribution in [0, 0.1) is 0 Å². The molecule has 0 radical (unpaired) electrons. The molecule has 0 unspecified atom stereocenters. The van der Waals surface area contributed by atoms with Gasteiger partial charge in [-0.25, -0.2) is 9.97 Å². The number of para-hydroxylation sites is 1. The summed E-state index contributed by atoms with van der Waals surface area (Å²) in [5.41, 5.74) is 1.40. The number of benzene rings is 1. The van der Waals surface area contributed by atoms with Gasteiger partial charge in [-0.05, 0) is 18.1 Å². The van der Waals surface area contributed by atoms with Crippen LogP contribution >= 0.6 is 0 Å². The van der Waals surface area contributed by atoms with Crippen molar-refractivity contribution in [2.75, 3.05) is 25.5 Å². The number of amides is 1. The van der Waals surface area contributed by atoms with Gasteiger partial charge in [0.05, 0.1) is 19.5 Å². The summed E-state index contributed by atoms with van der Waals surface area (Å²) in [6.45, 7) is 4.64. The normalized spacial score (nSPS) is 9.96. The monoisotopic (exact) mass is 312 g/mol. The maximum absolute atomic E-state index is 11.7. The molecule has 1 amide bonds. The molecule has 1 heterocycles. The first kappa shape index (κ1) is 16.5. The maximum Gasteiger partial charge on any atom is 0.271 e. The zero-order valence-corrected chi connectivity index (χ0v) is 13.1. The summed E-state index contributed by atoms with van der Waals surface area (Å²) in [5, 5.41) is 5.83. The molecule has 2 rings (SSSR count). The van der Waals surface area contributed by atoms with Gasteiger partial charge >= 0.3 is 0 Å². The smallest absolute Gasteiger partial charge is 0.271 e. The number of methoxy groups -OCH3 is 1. The van der Waals surface area contributed by atoms with Crippen molar-refractivity contribution in [2.24, 2.45) is 0 Å². The van der Waals surface area contributed by atoms with E-state index in [0.29, 0.717) is 18.9 Å². The molecule has 0 saturated heterocycles. The van der Waals surface area contributed by atoms with Gasteiger partial charge in [-0.3, -0.25) is 4.79 Å². The SMILES string of the molecule is C=CCNC(=O)c1cnc(NCCc2ccccc2OC)cn1. The van der Waals surface area contributed by atoms with Crippen LogP contribution in [-0.4, -0.2) is 36.1 Å². The molecule has 2 aromatic rings. The van der Waals surface area contributed by atoms with Gasteiger partial charge in [0.25, 0.3) is 5.91 Å². The molecule has 1 aromatic heterocycles. The minimum Gasteiger partial charge on any atom is -0.496 e. The molecule has 0 aliphatic rings. The van der Waals surface area contributed by atoms with Crippen molar-refractivity contribution in [3.63, 3.8) is 0 Å². The lowest BCUT2D eigenvalue weighted by Gasteiger charge is -2.09. The minimum absolute atomic E-state index is 0.266. The van der Waals surface area contributed by atoms with Gasteiger partial charge in [-0.2, -0.15) is 0 Å². The second kappa shape index (κ2) is 8.53. The molecule has 0 spiro atoms. The second-order valence-electron chi connectivity index (χ2n) is 4.77. The Labute approximate surface area is 135 Å². The first-order valence-electron chi connectivity index (χ1n) is 7.31. The van der Waals surface area contributed by atoms with Crippen LogP contribution in [0.1, 0.15) is 16.1 Å². The number of ether oxygens (including phenoxy) is 1. The van der Waals surface area contributed by atoms with E-state index in [-0.39, 0.29) is 11.6 Å². The van der Waals surface area contributed by atoms with Crippen molar-refractivity contribution < 1.29 is 9.53 Å². The molecule has 0 aliphatic heterocycles. The zero-order chi connectivity index (χ0) is 16.5. The van der Waals surface area contributed by atoms with Crippen molar-refractivity contribution in [3.05, 3.63) is 60.6 Å². The van der Waals surface area contributed by atoms with E-state index in [9.17, 15) is 4.79 Å². The fourth-order valence-corrected chi connectivity index (χ4v) is 2.03. The highest BCUT2D eigenvalue weighted by molar-refractivity contribution is 5.92. The number of carbonyl (C=O) groups is 1. The predicted molar refractivity (Wildman–Crippen MR) is 89.7 cm³/mol. The Morgan fingerprint density at radius 3 is 2.83 bits per heavy atom. The summed E-state index contributed by atoms with van der Waals surface area (Å²) < 4.78 is 5.32. The van der Waals surface area contributed by atoms with Gasteiger partial charge in [0.2, 0.25) is 0 Å². The standard InChI is InChI=1S/C17H20N4O2/c1-3-9-19-17(22)14-11-21-16(12-20-14)18-10-8-13-6-4-5-7-15(13)23-2/h3-7,11-12H,1,8-10H2,2H3,(H,18,21)(H,19,22). The Morgan fingerprint density at radius 2 is 2.13 bits per heavy atom. The first-order chi connectivity index (χ1) is 11.2. The molecule has 0 fully saturated rings. The quantitative estimate of drug-likeness (QED) is 0.730. The average Bonchev–Trinajstić information content (AvgIpc) is 2.60. The van der Waals surface area contributed by atoms with E-state index in [4.69, 9.17) is 4.74 Å². The molecule has 23 heavy (non-hydrogen) atoms. The summed E-state index contributed by atoms with van der Waals surface area (Å²) >= 11 is 0. The van der Waals surface area contributed by atoms with E-state index in [1.54, 1.807) is 19.4 Å². The van der Waals surface area contributed by atoms with Crippen molar-refractivity contribution in [2.45, 2.75) is 6.42 Å². The third-order valence-electron chi connectivity index (χ3n) is 3.18. The van der Waals surface area contributed by atoms with E-state index in [2.05, 4.69) is 27.2 Å². The molecule has 0 atom stereocenters. The third-order valence-corrected chi connectivity index (χ3v) is 3.18. The Hall–Kier alpha value is -2.89. The molecule has 2 N–H and O–H groups in total. The van der Waals surface area contributed by atoms with E-state index in [1.165, 1.54) is 6.20 Å².